The summed E-state index contributed by atoms with van der Waals surface area (Å²) in [7, 11) is 1.54. The molecule has 0 saturated heterocycles. The van der Waals surface area contributed by atoms with Crippen LogP contribution in [0.4, 0.5) is 4.79 Å². The van der Waals surface area contributed by atoms with E-state index in [1.54, 1.807) is 6.07 Å². The Bertz CT molecular complexity index is 1230. The van der Waals surface area contributed by atoms with Crippen molar-refractivity contribution in [2.45, 2.75) is 38.1 Å². The first-order valence-electron chi connectivity index (χ1n) is 11.7. The number of para-hydroxylation sites is 1. The van der Waals surface area contributed by atoms with Crippen LogP contribution in [0.5, 0.6) is 5.75 Å². The maximum absolute atomic E-state index is 13.5. The minimum Gasteiger partial charge on any atom is -0.496 e. The maximum Gasteiger partial charge on any atom is 0.411 e. The zero-order chi connectivity index (χ0) is 25.5. The van der Waals surface area contributed by atoms with Crippen LogP contribution in [0.1, 0.15) is 22.3 Å². The normalized spacial score (nSPS) is 15.4. The van der Waals surface area contributed by atoms with Gasteiger partial charge in [-0.3, -0.25) is 14.5 Å². The smallest absolute Gasteiger partial charge is 0.411 e. The Kier molecular flexibility index (Phi) is 7.85. The van der Waals surface area contributed by atoms with E-state index in [0.717, 1.165) is 22.3 Å². The summed E-state index contributed by atoms with van der Waals surface area (Å²) >= 11 is 0. The second-order valence-electron chi connectivity index (χ2n) is 8.64. The van der Waals surface area contributed by atoms with Gasteiger partial charge in [-0.2, -0.15) is 0 Å². The quantitative estimate of drug-likeness (QED) is 0.508. The second-order valence-corrected chi connectivity index (χ2v) is 8.64. The number of ether oxygens (including phenoxy) is 2. The van der Waals surface area contributed by atoms with E-state index in [1.807, 2.05) is 72.8 Å². The number of fused-ring (bicyclic) bond motifs is 1. The number of methoxy groups -OCH3 is 1. The molecule has 0 fully saturated rings. The lowest BCUT2D eigenvalue weighted by Gasteiger charge is -2.35. The highest BCUT2D eigenvalue weighted by molar-refractivity contribution is 5.91. The zero-order valence-electron chi connectivity index (χ0n) is 20.1. The maximum atomic E-state index is 13.5. The molecule has 186 valence electrons. The number of hydrogen-bond acceptors (Lipinski definition) is 5. The van der Waals surface area contributed by atoms with Gasteiger partial charge in [-0.25, -0.2) is 4.79 Å². The largest absolute Gasteiger partial charge is 0.496 e. The molecule has 3 aromatic carbocycles. The predicted octanol–water partition coefficient (Wildman–Crippen LogP) is 2.97. The highest BCUT2D eigenvalue weighted by atomic mass is 16.6. The highest BCUT2D eigenvalue weighted by Crippen LogP contribution is 2.25. The van der Waals surface area contributed by atoms with E-state index in [-0.39, 0.29) is 19.6 Å². The van der Waals surface area contributed by atoms with Crippen LogP contribution in [-0.2, 0) is 40.3 Å². The van der Waals surface area contributed by atoms with Gasteiger partial charge in [-0.1, -0.05) is 72.8 Å². The molecule has 4 rings (SSSR count). The van der Waals surface area contributed by atoms with Gasteiger partial charge in [0.1, 0.15) is 24.4 Å². The van der Waals surface area contributed by atoms with Crippen molar-refractivity contribution in [1.82, 2.24) is 10.2 Å². The molecule has 36 heavy (non-hydrogen) atoms. The molecule has 0 saturated carbocycles. The van der Waals surface area contributed by atoms with Crippen LogP contribution in [0.2, 0.25) is 0 Å². The molecule has 0 aromatic heterocycles. The molecule has 0 spiro atoms. The van der Waals surface area contributed by atoms with Gasteiger partial charge in [-0.05, 0) is 28.3 Å². The van der Waals surface area contributed by atoms with Crippen LogP contribution in [0.15, 0.2) is 78.9 Å². The van der Waals surface area contributed by atoms with Crippen LogP contribution in [-0.4, -0.2) is 42.0 Å². The van der Waals surface area contributed by atoms with E-state index in [2.05, 4.69) is 5.32 Å². The molecule has 3 aromatic rings. The van der Waals surface area contributed by atoms with Gasteiger partial charge >= 0.3 is 6.09 Å². The van der Waals surface area contributed by atoms with E-state index in [4.69, 9.17) is 15.2 Å². The first kappa shape index (κ1) is 24.8. The molecule has 1 aliphatic heterocycles. The summed E-state index contributed by atoms with van der Waals surface area (Å²) in [4.78, 5) is 40.2. The topological polar surface area (TPSA) is 111 Å². The number of rotatable bonds is 8. The van der Waals surface area contributed by atoms with E-state index in [1.165, 1.54) is 12.0 Å². The molecular formula is C28H29N3O5. The van der Waals surface area contributed by atoms with Gasteiger partial charge in [0.25, 0.3) is 0 Å². The third kappa shape index (κ3) is 5.83. The van der Waals surface area contributed by atoms with Crippen LogP contribution in [0, 0.1) is 0 Å². The zero-order valence-corrected chi connectivity index (χ0v) is 20.1. The highest BCUT2D eigenvalue weighted by Gasteiger charge is 2.37. The summed E-state index contributed by atoms with van der Waals surface area (Å²) in [5.74, 6) is -0.556. The van der Waals surface area contributed by atoms with Crippen molar-refractivity contribution >= 4 is 17.9 Å². The van der Waals surface area contributed by atoms with Gasteiger partial charge < -0.3 is 20.5 Å². The number of nitrogens with one attached hydrogen (secondary N) is 1. The summed E-state index contributed by atoms with van der Waals surface area (Å²) < 4.78 is 10.9. The van der Waals surface area contributed by atoms with Crippen LogP contribution in [0.25, 0.3) is 0 Å². The van der Waals surface area contributed by atoms with Crippen molar-refractivity contribution in [2.75, 3.05) is 7.11 Å². The van der Waals surface area contributed by atoms with E-state index >= 15 is 0 Å². The van der Waals surface area contributed by atoms with Crippen molar-refractivity contribution in [3.63, 3.8) is 0 Å². The third-order valence-electron chi connectivity index (χ3n) is 6.27. The van der Waals surface area contributed by atoms with E-state index in [9.17, 15) is 14.4 Å². The second kappa shape index (κ2) is 11.4. The van der Waals surface area contributed by atoms with Crippen molar-refractivity contribution < 1.29 is 23.9 Å². The Labute approximate surface area is 210 Å². The van der Waals surface area contributed by atoms with Crippen molar-refractivity contribution in [1.29, 1.82) is 0 Å². The standard InChI is InChI=1S/C28H29N3O5/c1-35-25-14-8-7-12-21(25)15-23(26(29)32)30-27(33)24-16-20-11-5-6-13-22(20)17-31(24)28(34)36-18-19-9-3-2-4-10-19/h2-14,23-24H,15-18H2,1H3,(H2,29,32)(H,30,33)/t23-,24+/m1/s1. The molecule has 8 nitrogen and oxygen atoms in total. The Hall–Kier alpha value is -4.33. The van der Waals surface area contributed by atoms with Crippen LogP contribution >= 0.6 is 0 Å². The van der Waals surface area contributed by atoms with Gasteiger partial charge in [0.05, 0.1) is 13.7 Å². The minimum absolute atomic E-state index is 0.0872. The molecule has 2 atom stereocenters. The molecule has 0 bridgehead atoms. The fourth-order valence-corrected chi connectivity index (χ4v) is 4.33. The molecule has 3 amide bonds. The summed E-state index contributed by atoms with van der Waals surface area (Å²) in [5.41, 5.74) is 9.12. The number of benzene rings is 3. The molecular weight excluding hydrogens is 458 g/mol. The molecule has 1 aliphatic rings. The monoisotopic (exact) mass is 487 g/mol. The van der Waals surface area contributed by atoms with E-state index < -0.39 is 30.0 Å². The summed E-state index contributed by atoms with van der Waals surface area (Å²) in [6.07, 6.45) is -0.149. The average molecular weight is 488 g/mol. The first-order valence-corrected chi connectivity index (χ1v) is 11.7. The number of primary amides is 1. The van der Waals surface area contributed by atoms with Crippen molar-refractivity contribution in [3.8, 4) is 5.75 Å². The molecule has 0 radical (unpaired) electrons. The van der Waals surface area contributed by atoms with Gasteiger partial charge in [0.2, 0.25) is 11.8 Å². The summed E-state index contributed by atoms with van der Waals surface area (Å²) in [5, 5.41) is 2.76. The Morgan fingerprint density at radius 2 is 1.64 bits per heavy atom. The number of nitrogens with two attached hydrogens (primary N) is 1. The van der Waals surface area contributed by atoms with Crippen molar-refractivity contribution in [2.24, 2.45) is 5.73 Å². The fraction of sp³-hybridized carbons (Fsp3) is 0.250. The SMILES string of the molecule is COc1ccccc1C[C@@H](NC(=O)[C@@H]1Cc2ccccc2CN1C(=O)OCc1ccccc1)C(N)=O. The molecule has 3 N–H and O–H groups in total. The fourth-order valence-electron chi connectivity index (χ4n) is 4.33. The van der Waals surface area contributed by atoms with Crippen molar-refractivity contribution in [3.05, 3.63) is 101 Å². The summed E-state index contributed by atoms with van der Waals surface area (Å²) in [6.45, 7) is 0.305. The van der Waals surface area contributed by atoms with Crippen LogP contribution < -0.4 is 15.8 Å². The summed E-state index contributed by atoms with van der Waals surface area (Å²) in [6, 6.07) is 22.4. The molecule has 0 unspecified atom stereocenters. The number of carbonyl (C=O) groups excluding carboxylic acids is 3. The van der Waals surface area contributed by atoms with E-state index in [0.29, 0.717) is 12.2 Å². The molecule has 0 aliphatic carbocycles. The first-order chi connectivity index (χ1) is 17.5. The lowest BCUT2D eigenvalue weighted by atomic mass is 9.93. The Morgan fingerprint density at radius 3 is 2.36 bits per heavy atom. The van der Waals surface area contributed by atoms with Gasteiger partial charge in [-0.15, -0.1) is 0 Å². The average Bonchev–Trinajstić information content (AvgIpc) is 2.91. The Morgan fingerprint density at radius 1 is 0.972 bits per heavy atom. The molecule has 1 heterocycles. The lowest BCUT2D eigenvalue weighted by Crippen LogP contribution is -2.56. The number of hydrogen-bond donors (Lipinski definition) is 2. The Balaban J connectivity index is 1.53. The minimum atomic E-state index is -0.979. The van der Waals surface area contributed by atoms with Gasteiger partial charge in [0, 0.05) is 12.8 Å². The lowest BCUT2D eigenvalue weighted by molar-refractivity contribution is -0.131. The molecule has 8 heteroatoms. The number of carbonyl (C=O) groups is 3. The van der Waals surface area contributed by atoms with Crippen LogP contribution in [0.3, 0.4) is 0 Å². The number of amides is 3. The van der Waals surface area contributed by atoms with Gasteiger partial charge in [0.15, 0.2) is 0 Å². The number of nitrogens with zero attached hydrogens (tertiary/aromatic N) is 1. The third-order valence-corrected chi connectivity index (χ3v) is 6.27. The predicted molar refractivity (Wildman–Crippen MR) is 134 cm³/mol.